The Kier molecular flexibility index (Phi) is 8.77. The largest absolute Gasteiger partial charge is 0.377 e. The van der Waals surface area contributed by atoms with Crippen LogP contribution in [0.5, 0.6) is 0 Å². The lowest BCUT2D eigenvalue weighted by Gasteiger charge is -2.32. The van der Waals surface area contributed by atoms with Crippen LogP contribution in [0, 0.1) is 0 Å². The van der Waals surface area contributed by atoms with Gasteiger partial charge in [0.2, 0.25) is 0 Å². The van der Waals surface area contributed by atoms with E-state index in [0.717, 1.165) is 16.8 Å². The molecule has 3 aromatic carbocycles. The molecule has 35 heavy (non-hydrogen) atoms. The van der Waals surface area contributed by atoms with E-state index in [2.05, 4.69) is 10.6 Å². The molecule has 0 bridgehead atoms. The number of benzene rings is 3. The lowest BCUT2D eigenvalue weighted by Crippen LogP contribution is -2.35. The van der Waals surface area contributed by atoms with Crippen LogP contribution in [0.3, 0.4) is 0 Å². The van der Waals surface area contributed by atoms with Gasteiger partial charge in [0.25, 0.3) is 5.91 Å². The van der Waals surface area contributed by atoms with Crippen molar-refractivity contribution in [2.45, 2.75) is 39.4 Å². The highest BCUT2D eigenvalue weighted by atomic mass is 35.5. The molecule has 0 aliphatic heterocycles. The number of carbonyl (C=O) groups excluding carboxylic acids is 2. The van der Waals surface area contributed by atoms with Crippen molar-refractivity contribution in [3.05, 3.63) is 94.5 Å². The first-order chi connectivity index (χ1) is 16.7. The lowest BCUT2D eigenvalue weighted by atomic mass is 10.0. The van der Waals surface area contributed by atoms with Crippen LogP contribution in [0.4, 0.5) is 16.2 Å². The number of amides is 3. The molecule has 0 heterocycles. The first-order valence-corrected chi connectivity index (χ1v) is 12.0. The Balaban J connectivity index is 2.02. The SMILES string of the molecule is CC(C)NC(=O)Nc1ccc(N(C)C)c(CN(C(=O)c2ccccc2Cl)C(C)c2ccccc2)c1. The van der Waals surface area contributed by atoms with Crippen LogP contribution in [0.15, 0.2) is 72.8 Å². The van der Waals surface area contributed by atoms with Crippen molar-refractivity contribution < 1.29 is 9.59 Å². The summed E-state index contributed by atoms with van der Waals surface area (Å²) in [5, 5.41) is 6.14. The van der Waals surface area contributed by atoms with Crippen LogP contribution in [0.25, 0.3) is 0 Å². The van der Waals surface area contributed by atoms with Crippen molar-refractivity contribution >= 4 is 34.9 Å². The minimum absolute atomic E-state index is 0.0194. The number of anilines is 2. The third-order valence-corrected chi connectivity index (χ3v) is 6.02. The molecule has 6 nitrogen and oxygen atoms in total. The Bertz CT molecular complexity index is 1160. The Morgan fingerprint density at radius 1 is 0.914 bits per heavy atom. The summed E-state index contributed by atoms with van der Waals surface area (Å²) in [4.78, 5) is 29.9. The fourth-order valence-corrected chi connectivity index (χ4v) is 4.14. The van der Waals surface area contributed by atoms with Crippen molar-refractivity contribution in [1.29, 1.82) is 0 Å². The lowest BCUT2D eigenvalue weighted by molar-refractivity contribution is 0.0674. The average Bonchev–Trinajstić information content (AvgIpc) is 2.82. The van der Waals surface area contributed by atoms with E-state index in [1.54, 1.807) is 12.1 Å². The molecule has 0 saturated carbocycles. The van der Waals surface area contributed by atoms with E-state index < -0.39 is 0 Å². The van der Waals surface area contributed by atoms with Gasteiger partial charge in [-0.25, -0.2) is 4.79 Å². The Morgan fingerprint density at radius 2 is 1.57 bits per heavy atom. The molecule has 0 aromatic heterocycles. The summed E-state index contributed by atoms with van der Waals surface area (Å²) in [6, 6.07) is 22.3. The van der Waals surface area contributed by atoms with E-state index >= 15 is 0 Å². The van der Waals surface area contributed by atoms with Crippen molar-refractivity contribution in [2.75, 3.05) is 24.3 Å². The number of nitrogens with zero attached hydrogens (tertiary/aromatic N) is 2. The zero-order valence-electron chi connectivity index (χ0n) is 20.9. The van der Waals surface area contributed by atoms with Crippen molar-refractivity contribution in [3.63, 3.8) is 0 Å². The van der Waals surface area contributed by atoms with Crippen LogP contribution >= 0.6 is 11.6 Å². The van der Waals surface area contributed by atoms with E-state index in [9.17, 15) is 9.59 Å². The number of hydrogen-bond acceptors (Lipinski definition) is 3. The van der Waals surface area contributed by atoms with E-state index in [4.69, 9.17) is 11.6 Å². The van der Waals surface area contributed by atoms with Gasteiger partial charge in [-0.15, -0.1) is 0 Å². The molecule has 0 aliphatic carbocycles. The standard InChI is InChI=1S/C28H33ClN4O2/c1-19(2)30-28(35)31-23-15-16-26(32(4)5)22(17-23)18-33(20(3)21-11-7-6-8-12-21)27(34)24-13-9-10-14-25(24)29/h6-17,19-20H,18H2,1-5H3,(H2,30,31,35). The van der Waals surface area contributed by atoms with Gasteiger partial charge >= 0.3 is 6.03 Å². The zero-order chi connectivity index (χ0) is 25.5. The third-order valence-electron chi connectivity index (χ3n) is 5.69. The van der Waals surface area contributed by atoms with Gasteiger partial charge in [0.15, 0.2) is 0 Å². The highest BCUT2D eigenvalue weighted by molar-refractivity contribution is 6.33. The number of carbonyl (C=O) groups is 2. The van der Waals surface area contributed by atoms with Gasteiger partial charge in [-0.2, -0.15) is 0 Å². The van der Waals surface area contributed by atoms with Crippen LogP contribution < -0.4 is 15.5 Å². The Hall–Kier alpha value is -3.51. The summed E-state index contributed by atoms with van der Waals surface area (Å²) >= 11 is 6.41. The number of nitrogens with one attached hydrogen (secondary N) is 2. The smallest absolute Gasteiger partial charge is 0.319 e. The first-order valence-electron chi connectivity index (χ1n) is 11.7. The molecule has 1 atom stereocenters. The predicted molar refractivity (Wildman–Crippen MR) is 144 cm³/mol. The molecule has 7 heteroatoms. The monoisotopic (exact) mass is 492 g/mol. The molecular weight excluding hydrogens is 460 g/mol. The average molecular weight is 493 g/mol. The maximum absolute atomic E-state index is 13.8. The van der Waals surface area contributed by atoms with Crippen molar-refractivity contribution in [3.8, 4) is 0 Å². The molecule has 2 N–H and O–H groups in total. The molecular formula is C28H33ClN4O2. The maximum Gasteiger partial charge on any atom is 0.319 e. The van der Waals surface area contributed by atoms with Gasteiger partial charge in [-0.05, 0) is 62.2 Å². The quantitative estimate of drug-likeness (QED) is 0.385. The van der Waals surface area contributed by atoms with Gasteiger partial charge in [0.1, 0.15) is 0 Å². The third kappa shape index (κ3) is 6.76. The van der Waals surface area contributed by atoms with Gasteiger partial charge < -0.3 is 20.4 Å². The molecule has 0 aliphatic rings. The summed E-state index contributed by atoms with van der Waals surface area (Å²) in [7, 11) is 3.91. The highest BCUT2D eigenvalue weighted by Gasteiger charge is 2.26. The molecule has 0 fully saturated rings. The fraction of sp³-hybridized carbons (Fsp3) is 0.286. The Labute approximate surface area is 212 Å². The highest BCUT2D eigenvalue weighted by Crippen LogP contribution is 2.31. The maximum atomic E-state index is 13.8. The number of urea groups is 1. The minimum Gasteiger partial charge on any atom is -0.377 e. The van der Waals surface area contributed by atoms with E-state index in [1.165, 1.54) is 0 Å². The summed E-state index contributed by atoms with van der Waals surface area (Å²) in [6.45, 7) is 6.15. The summed E-state index contributed by atoms with van der Waals surface area (Å²) in [6.07, 6.45) is 0. The minimum atomic E-state index is -0.273. The molecule has 1 unspecified atom stereocenters. The van der Waals surface area contributed by atoms with Crippen molar-refractivity contribution in [2.24, 2.45) is 0 Å². The topological polar surface area (TPSA) is 64.7 Å². The number of hydrogen-bond donors (Lipinski definition) is 2. The zero-order valence-corrected chi connectivity index (χ0v) is 21.6. The number of rotatable bonds is 8. The van der Waals surface area contributed by atoms with Crippen LogP contribution in [-0.2, 0) is 6.54 Å². The van der Waals surface area contributed by atoms with Gasteiger partial charge in [-0.1, -0.05) is 54.1 Å². The van der Waals surface area contributed by atoms with Gasteiger partial charge in [0, 0.05) is 38.1 Å². The molecule has 3 aromatic rings. The molecule has 3 rings (SSSR count). The first kappa shape index (κ1) is 26.1. The second-order valence-electron chi connectivity index (χ2n) is 8.99. The van der Waals surface area contributed by atoms with Crippen molar-refractivity contribution in [1.82, 2.24) is 10.2 Å². The molecule has 184 valence electrons. The molecule has 0 radical (unpaired) electrons. The Morgan fingerprint density at radius 3 is 2.20 bits per heavy atom. The predicted octanol–water partition coefficient (Wildman–Crippen LogP) is 6.34. The summed E-state index contributed by atoms with van der Waals surface area (Å²) in [5.41, 5.74) is 3.98. The van der Waals surface area contributed by atoms with Gasteiger partial charge in [-0.3, -0.25) is 4.79 Å². The van der Waals surface area contributed by atoms with E-state index in [0.29, 0.717) is 22.8 Å². The molecule has 0 saturated heterocycles. The molecule has 0 spiro atoms. The molecule has 3 amide bonds. The van der Waals surface area contributed by atoms with Crippen LogP contribution in [0.1, 0.15) is 48.3 Å². The second kappa shape index (κ2) is 11.8. The second-order valence-corrected chi connectivity index (χ2v) is 9.40. The number of halogens is 1. The summed E-state index contributed by atoms with van der Waals surface area (Å²) < 4.78 is 0. The van der Waals surface area contributed by atoms with Crippen LogP contribution in [-0.4, -0.2) is 37.0 Å². The fourth-order valence-electron chi connectivity index (χ4n) is 3.92. The summed E-state index contributed by atoms with van der Waals surface area (Å²) in [5.74, 6) is -0.160. The van der Waals surface area contributed by atoms with Crippen LogP contribution in [0.2, 0.25) is 5.02 Å². The normalized spacial score (nSPS) is 11.6. The van der Waals surface area contributed by atoms with E-state index in [-0.39, 0.29) is 24.0 Å². The van der Waals surface area contributed by atoms with Gasteiger partial charge in [0.05, 0.1) is 16.6 Å². The van der Waals surface area contributed by atoms with E-state index in [1.807, 2.05) is 105 Å².